The number of hydrogen-bond acceptors (Lipinski definition) is 3. The van der Waals surface area contributed by atoms with Crippen molar-refractivity contribution in [3.8, 4) is 0 Å². The number of carbonyl (C=O) groups is 1. The fraction of sp³-hybridized carbons (Fsp3) is 0.200. The van der Waals surface area contributed by atoms with Crippen LogP contribution < -0.4 is 10.7 Å². The van der Waals surface area contributed by atoms with E-state index in [-0.39, 0.29) is 17.1 Å². The van der Waals surface area contributed by atoms with Gasteiger partial charge in [-0.25, -0.2) is 0 Å². The van der Waals surface area contributed by atoms with Gasteiger partial charge in [0.2, 0.25) is 5.76 Å². The molecule has 0 radical (unpaired) electrons. The Labute approximate surface area is 139 Å². The van der Waals surface area contributed by atoms with Crippen molar-refractivity contribution in [2.45, 2.75) is 26.8 Å². The van der Waals surface area contributed by atoms with Gasteiger partial charge in [0.1, 0.15) is 5.58 Å². The Morgan fingerprint density at radius 3 is 2.38 bits per heavy atom. The van der Waals surface area contributed by atoms with Gasteiger partial charge in [-0.15, -0.1) is 0 Å². The number of amides is 1. The molecule has 1 N–H and O–H groups in total. The monoisotopic (exact) mass is 319 g/mol. The minimum absolute atomic E-state index is 0.131. The molecule has 120 valence electrons. The summed E-state index contributed by atoms with van der Waals surface area (Å²) >= 11 is 0. The van der Waals surface area contributed by atoms with Crippen molar-refractivity contribution >= 4 is 16.9 Å². The first-order valence-corrected chi connectivity index (χ1v) is 7.91. The fourth-order valence-electron chi connectivity index (χ4n) is 3.21. The van der Waals surface area contributed by atoms with E-state index in [0.717, 1.165) is 22.3 Å². The predicted molar refractivity (Wildman–Crippen MR) is 92.4 cm³/mol. The molecule has 1 unspecified atom stereocenters. The molecule has 0 aliphatic carbocycles. The van der Waals surface area contributed by atoms with Crippen LogP contribution in [0.25, 0.3) is 11.0 Å². The maximum absolute atomic E-state index is 13.0. The second-order valence-corrected chi connectivity index (χ2v) is 6.38. The molecule has 0 fully saturated rings. The molecule has 1 atom stereocenters. The van der Waals surface area contributed by atoms with Crippen molar-refractivity contribution in [3.05, 3.63) is 80.2 Å². The van der Waals surface area contributed by atoms with E-state index in [0.29, 0.717) is 16.5 Å². The molecule has 1 amide bonds. The first kappa shape index (κ1) is 14.7. The summed E-state index contributed by atoms with van der Waals surface area (Å²) in [5, 5.41) is 3.39. The molecule has 0 bridgehead atoms. The van der Waals surface area contributed by atoms with E-state index in [1.807, 2.05) is 51.1 Å². The molecular weight excluding hydrogens is 302 g/mol. The van der Waals surface area contributed by atoms with Crippen molar-refractivity contribution in [1.82, 2.24) is 5.32 Å². The molecule has 1 aliphatic heterocycles. The zero-order valence-corrected chi connectivity index (χ0v) is 13.8. The minimum atomic E-state index is -0.463. The zero-order chi connectivity index (χ0) is 17.0. The number of nitrogens with one attached hydrogen (secondary N) is 1. The quantitative estimate of drug-likeness (QED) is 0.746. The topological polar surface area (TPSA) is 59.3 Å². The molecule has 2 heterocycles. The smallest absolute Gasteiger partial charge is 0.288 e. The van der Waals surface area contributed by atoms with Crippen molar-refractivity contribution < 1.29 is 9.21 Å². The number of fused-ring (bicyclic) bond motifs is 2. The van der Waals surface area contributed by atoms with Gasteiger partial charge in [-0.05, 0) is 43.5 Å². The standard InChI is InChI=1S/C20H17NO3/c1-10-4-7-13(8-5-10)16-15-17(22)14-9-6-11(2)12(3)18(14)24-19(15)20(23)21-16/h4-9,16H,1-3H3,(H,21,23). The summed E-state index contributed by atoms with van der Waals surface area (Å²) in [5.74, 6) is -0.206. The van der Waals surface area contributed by atoms with Gasteiger partial charge in [0.25, 0.3) is 5.91 Å². The molecule has 2 aromatic carbocycles. The minimum Gasteiger partial charge on any atom is -0.450 e. The summed E-state index contributed by atoms with van der Waals surface area (Å²) in [6.07, 6.45) is 0. The Hall–Kier alpha value is -2.88. The Morgan fingerprint density at radius 2 is 1.67 bits per heavy atom. The van der Waals surface area contributed by atoms with E-state index in [1.54, 1.807) is 6.07 Å². The second kappa shape index (κ2) is 5.06. The lowest BCUT2D eigenvalue weighted by molar-refractivity contribution is 0.0938. The Morgan fingerprint density at radius 1 is 0.958 bits per heavy atom. The van der Waals surface area contributed by atoms with Crippen LogP contribution in [0.2, 0.25) is 0 Å². The molecular formula is C20H17NO3. The van der Waals surface area contributed by atoms with E-state index in [1.165, 1.54) is 0 Å². The molecule has 0 saturated carbocycles. The van der Waals surface area contributed by atoms with Gasteiger partial charge >= 0.3 is 0 Å². The molecule has 0 saturated heterocycles. The number of carbonyl (C=O) groups excluding carboxylic acids is 1. The van der Waals surface area contributed by atoms with Crippen LogP contribution in [0.3, 0.4) is 0 Å². The molecule has 0 spiro atoms. The summed E-state index contributed by atoms with van der Waals surface area (Å²) in [4.78, 5) is 25.4. The van der Waals surface area contributed by atoms with Crippen LogP contribution in [0, 0.1) is 20.8 Å². The SMILES string of the molecule is Cc1ccc(C2NC(=O)c3oc4c(C)c(C)ccc4c(=O)c32)cc1. The number of rotatable bonds is 1. The van der Waals surface area contributed by atoms with Crippen LogP contribution >= 0.6 is 0 Å². The average molecular weight is 319 g/mol. The summed E-state index contributed by atoms with van der Waals surface area (Å²) in [5.41, 5.74) is 4.68. The van der Waals surface area contributed by atoms with Crippen LogP contribution in [0.1, 0.15) is 44.4 Å². The zero-order valence-electron chi connectivity index (χ0n) is 13.8. The highest BCUT2D eigenvalue weighted by atomic mass is 16.3. The van der Waals surface area contributed by atoms with Gasteiger partial charge in [0.05, 0.1) is 17.0 Å². The third-order valence-electron chi connectivity index (χ3n) is 4.80. The molecule has 1 aliphatic rings. The van der Waals surface area contributed by atoms with E-state index in [4.69, 9.17) is 4.42 Å². The van der Waals surface area contributed by atoms with Gasteiger partial charge in [0, 0.05) is 0 Å². The first-order chi connectivity index (χ1) is 11.5. The predicted octanol–water partition coefficient (Wildman–Crippen LogP) is 3.55. The fourth-order valence-corrected chi connectivity index (χ4v) is 3.21. The Kier molecular flexibility index (Phi) is 3.10. The van der Waals surface area contributed by atoms with Crippen LogP contribution in [0.5, 0.6) is 0 Å². The van der Waals surface area contributed by atoms with E-state index in [9.17, 15) is 9.59 Å². The molecule has 1 aromatic heterocycles. The van der Waals surface area contributed by atoms with Gasteiger partial charge in [0.15, 0.2) is 5.43 Å². The lowest BCUT2D eigenvalue weighted by Gasteiger charge is -2.12. The van der Waals surface area contributed by atoms with Gasteiger partial charge in [-0.2, -0.15) is 0 Å². The van der Waals surface area contributed by atoms with E-state index in [2.05, 4.69) is 5.32 Å². The van der Waals surface area contributed by atoms with Crippen molar-refractivity contribution in [2.75, 3.05) is 0 Å². The Balaban J connectivity index is 2.01. The van der Waals surface area contributed by atoms with Gasteiger partial charge in [-0.1, -0.05) is 35.9 Å². The van der Waals surface area contributed by atoms with Crippen LogP contribution in [0.4, 0.5) is 0 Å². The summed E-state index contributed by atoms with van der Waals surface area (Å²) in [6, 6.07) is 11.0. The number of hydrogen-bond donors (Lipinski definition) is 1. The van der Waals surface area contributed by atoms with Gasteiger partial charge in [-0.3, -0.25) is 9.59 Å². The molecule has 4 heteroatoms. The maximum Gasteiger partial charge on any atom is 0.288 e. The Bertz CT molecular complexity index is 1050. The van der Waals surface area contributed by atoms with Gasteiger partial charge < -0.3 is 9.73 Å². The third-order valence-corrected chi connectivity index (χ3v) is 4.80. The normalized spacial score (nSPS) is 16.3. The third kappa shape index (κ3) is 1.99. The molecule has 4 rings (SSSR count). The van der Waals surface area contributed by atoms with Crippen molar-refractivity contribution in [3.63, 3.8) is 0 Å². The maximum atomic E-state index is 13.0. The average Bonchev–Trinajstić information content (AvgIpc) is 2.90. The highest BCUT2D eigenvalue weighted by molar-refractivity contribution is 5.99. The lowest BCUT2D eigenvalue weighted by Crippen LogP contribution is -2.21. The van der Waals surface area contributed by atoms with Crippen LogP contribution in [-0.2, 0) is 0 Å². The summed E-state index contributed by atoms with van der Waals surface area (Å²) in [6.45, 7) is 5.85. The molecule has 3 aromatic rings. The van der Waals surface area contributed by atoms with Crippen LogP contribution in [0.15, 0.2) is 45.6 Å². The van der Waals surface area contributed by atoms with E-state index >= 15 is 0 Å². The lowest BCUT2D eigenvalue weighted by atomic mass is 9.97. The molecule has 4 nitrogen and oxygen atoms in total. The second-order valence-electron chi connectivity index (χ2n) is 6.38. The highest BCUT2D eigenvalue weighted by Crippen LogP contribution is 2.32. The van der Waals surface area contributed by atoms with Crippen molar-refractivity contribution in [2.24, 2.45) is 0 Å². The molecule has 24 heavy (non-hydrogen) atoms. The summed E-state index contributed by atoms with van der Waals surface area (Å²) < 4.78 is 5.87. The van der Waals surface area contributed by atoms with Crippen LogP contribution in [-0.4, -0.2) is 5.91 Å². The van der Waals surface area contributed by atoms with E-state index < -0.39 is 6.04 Å². The number of benzene rings is 2. The van der Waals surface area contributed by atoms with Crippen molar-refractivity contribution in [1.29, 1.82) is 0 Å². The number of aryl methyl sites for hydroxylation is 3. The highest BCUT2D eigenvalue weighted by Gasteiger charge is 2.36. The summed E-state index contributed by atoms with van der Waals surface area (Å²) in [7, 11) is 0. The first-order valence-electron chi connectivity index (χ1n) is 7.91. The largest absolute Gasteiger partial charge is 0.450 e.